The van der Waals surface area contributed by atoms with Gasteiger partial charge in [0, 0.05) is 28.2 Å². The third kappa shape index (κ3) is 4.36. The minimum absolute atomic E-state index is 0.229. The molecule has 3 aromatic rings. The Morgan fingerprint density at radius 3 is 2.52 bits per heavy atom. The van der Waals surface area contributed by atoms with Gasteiger partial charge in [-0.05, 0) is 62.9 Å². The van der Waals surface area contributed by atoms with Crippen LogP contribution in [0.4, 0.5) is 17.6 Å². The van der Waals surface area contributed by atoms with Crippen LogP contribution in [-0.2, 0) is 4.74 Å². The number of carbonyl (C=O) groups is 1. The first-order chi connectivity index (χ1) is 15.7. The number of ether oxygens (including phenoxy) is 1. The molecule has 2 heterocycles. The summed E-state index contributed by atoms with van der Waals surface area (Å²) in [6, 6.07) is 6.72. The highest BCUT2D eigenvalue weighted by Crippen LogP contribution is 2.32. The van der Waals surface area contributed by atoms with Crippen LogP contribution < -0.4 is 5.32 Å². The molecule has 1 aromatic heterocycles. The Labute approximate surface area is 189 Å². The highest BCUT2D eigenvalue weighted by atomic mass is 19.2. The summed E-state index contributed by atoms with van der Waals surface area (Å²) in [6.07, 6.45) is 2.08. The number of halogens is 4. The molecule has 0 spiro atoms. The van der Waals surface area contributed by atoms with Crippen molar-refractivity contribution in [1.82, 2.24) is 10.3 Å². The predicted octanol–water partition coefficient (Wildman–Crippen LogP) is 6.20. The van der Waals surface area contributed by atoms with Gasteiger partial charge in [0.25, 0.3) is 0 Å². The average Bonchev–Trinajstić information content (AvgIpc) is 3.14. The largest absolute Gasteiger partial charge is 0.454 e. The number of hydrogen-bond acceptors (Lipinski definition) is 3. The standard InChI is InChI=1S/C25H26F4N2O2/c1-12(19-6-4-5-9-30-19)15-7-8-20-17(10-15)21(13(2)31-20)25(32)33-14(3)16-11-18(26)23(28)24(29)22(16)27/h7-8,10-12,14,19,30-31H,4-6,9H2,1-3H3. The lowest BCUT2D eigenvalue weighted by atomic mass is 9.87. The van der Waals surface area contributed by atoms with E-state index in [1.54, 1.807) is 6.92 Å². The van der Waals surface area contributed by atoms with Crippen molar-refractivity contribution in [2.45, 2.75) is 58.1 Å². The summed E-state index contributed by atoms with van der Waals surface area (Å²) in [7, 11) is 0. The van der Waals surface area contributed by atoms with Crippen LogP contribution in [0.25, 0.3) is 10.9 Å². The lowest BCUT2D eigenvalue weighted by molar-refractivity contribution is 0.0330. The van der Waals surface area contributed by atoms with Crippen LogP contribution in [0.3, 0.4) is 0 Å². The maximum absolute atomic E-state index is 14.2. The second kappa shape index (κ2) is 9.17. The lowest BCUT2D eigenvalue weighted by Crippen LogP contribution is -2.37. The Hall–Kier alpha value is -2.87. The molecule has 1 saturated heterocycles. The van der Waals surface area contributed by atoms with Gasteiger partial charge in [0.2, 0.25) is 0 Å². The zero-order valence-corrected chi connectivity index (χ0v) is 18.7. The number of nitrogens with one attached hydrogen (secondary N) is 2. The highest BCUT2D eigenvalue weighted by molar-refractivity contribution is 6.05. The molecule has 0 amide bonds. The van der Waals surface area contributed by atoms with Gasteiger partial charge in [-0.3, -0.25) is 0 Å². The van der Waals surface area contributed by atoms with E-state index in [9.17, 15) is 22.4 Å². The Morgan fingerprint density at radius 1 is 1.06 bits per heavy atom. The number of fused-ring (bicyclic) bond motifs is 1. The Balaban J connectivity index is 1.63. The zero-order valence-electron chi connectivity index (χ0n) is 18.7. The molecule has 3 atom stereocenters. The Bertz CT molecular complexity index is 1200. The van der Waals surface area contributed by atoms with Crippen LogP contribution in [-0.4, -0.2) is 23.5 Å². The van der Waals surface area contributed by atoms with E-state index in [4.69, 9.17) is 4.74 Å². The van der Waals surface area contributed by atoms with Crippen LogP contribution >= 0.6 is 0 Å². The van der Waals surface area contributed by atoms with Crippen molar-refractivity contribution in [1.29, 1.82) is 0 Å². The van der Waals surface area contributed by atoms with Crippen LogP contribution in [0.2, 0.25) is 0 Å². The summed E-state index contributed by atoms with van der Waals surface area (Å²) in [5.74, 6) is -7.52. The monoisotopic (exact) mass is 462 g/mol. The smallest absolute Gasteiger partial charge is 0.341 e. The molecule has 2 aromatic carbocycles. The number of carbonyl (C=O) groups excluding carboxylic acids is 1. The van der Waals surface area contributed by atoms with E-state index < -0.39 is 40.9 Å². The molecule has 2 N–H and O–H groups in total. The fourth-order valence-corrected chi connectivity index (χ4v) is 4.60. The van der Waals surface area contributed by atoms with Crippen LogP contribution in [0, 0.1) is 30.2 Å². The average molecular weight is 462 g/mol. The van der Waals surface area contributed by atoms with Gasteiger partial charge in [-0.25, -0.2) is 22.4 Å². The van der Waals surface area contributed by atoms with Crippen molar-refractivity contribution < 1.29 is 27.1 Å². The number of aryl methyl sites for hydroxylation is 1. The predicted molar refractivity (Wildman–Crippen MR) is 117 cm³/mol. The van der Waals surface area contributed by atoms with Gasteiger partial charge in [-0.15, -0.1) is 0 Å². The van der Waals surface area contributed by atoms with E-state index >= 15 is 0 Å². The van der Waals surface area contributed by atoms with Gasteiger partial charge in [-0.2, -0.15) is 0 Å². The van der Waals surface area contributed by atoms with Gasteiger partial charge in [0.05, 0.1) is 5.56 Å². The topological polar surface area (TPSA) is 54.1 Å². The number of rotatable bonds is 5. The first kappa shape index (κ1) is 23.3. The first-order valence-electron chi connectivity index (χ1n) is 11.1. The van der Waals surface area contributed by atoms with Crippen LogP contribution in [0.1, 0.15) is 72.3 Å². The number of esters is 1. The molecular weight excluding hydrogens is 436 g/mol. The summed E-state index contributed by atoms with van der Waals surface area (Å²) in [4.78, 5) is 16.2. The molecular formula is C25H26F4N2O2. The molecule has 4 nitrogen and oxygen atoms in total. The van der Waals surface area contributed by atoms with Crippen molar-refractivity contribution in [2.75, 3.05) is 6.54 Å². The molecule has 1 aliphatic heterocycles. The number of aromatic amines is 1. The van der Waals surface area contributed by atoms with Gasteiger partial charge in [0.15, 0.2) is 23.3 Å². The third-order valence-corrected chi connectivity index (χ3v) is 6.54. The molecule has 0 radical (unpaired) electrons. The van der Waals surface area contributed by atoms with E-state index in [2.05, 4.69) is 17.2 Å². The minimum atomic E-state index is -1.94. The summed E-state index contributed by atoms with van der Waals surface area (Å²) in [6.45, 7) is 6.12. The molecule has 4 rings (SSSR count). The first-order valence-corrected chi connectivity index (χ1v) is 11.1. The van der Waals surface area contributed by atoms with Gasteiger partial charge >= 0.3 is 5.97 Å². The fraction of sp³-hybridized carbons (Fsp3) is 0.400. The summed E-state index contributed by atoms with van der Waals surface area (Å²) >= 11 is 0. The molecule has 176 valence electrons. The molecule has 1 aliphatic rings. The van der Waals surface area contributed by atoms with Gasteiger partial charge in [-0.1, -0.05) is 19.4 Å². The van der Waals surface area contributed by atoms with Crippen molar-refractivity contribution >= 4 is 16.9 Å². The minimum Gasteiger partial charge on any atom is -0.454 e. The van der Waals surface area contributed by atoms with Crippen LogP contribution in [0.15, 0.2) is 24.3 Å². The second-order valence-corrected chi connectivity index (χ2v) is 8.71. The van der Waals surface area contributed by atoms with Gasteiger partial charge in [0.1, 0.15) is 6.10 Å². The summed E-state index contributed by atoms with van der Waals surface area (Å²) < 4.78 is 60.0. The SMILES string of the molecule is Cc1[nH]c2ccc(C(C)C3CCCCN3)cc2c1C(=O)OC(C)c1cc(F)c(F)c(F)c1F. The number of piperidine rings is 1. The van der Waals surface area contributed by atoms with Crippen molar-refractivity contribution in [3.8, 4) is 0 Å². The van der Waals surface area contributed by atoms with E-state index in [-0.39, 0.29) is 11.5 Å². The number of benzene rings is 2. The normalized spacial score (nSPS) is 18.3. The molecule has 0 bridgehead atoms. The third-order valence-electron chi connectivity index (χ3n) is 6.54. The number of aromatic nitrogens is 1. The molecule has 8 heteroatoms. The molecule has 3 unspecified atom stereocenters. The maximum Gasteiger partial charge on any atom is 0.341 e. The van der Waals surface area contributed by atoms with Crippen molar-refractivity contribution in [3.05, 3.63) is 69.9 Å². The lowest BCUT2D eigenvalue weighted by Gasteiger charge is -2.29. The Kier molecular flexibility index (Phi) is 6.47. The fourth-order valence-electron chi connectivity index (χ4n) is 4.60. The maximum atomic E-state index is 14.2. The van der Waals surface area contributed by atoms with E-state index in [0.717, 1.165) is 30.5 Å². The quantitative estimate of drug-likeness (QED) is 0.206. The summed E-state index contributed by atoms with van der Waals surface area (Å²) in [5.41, 5.74) is 2.06. The zero-order chi connectivity index (χ0) is 23.9. The molecule has 0 saturated carbocycles. The number of hydrogen-bond donors (Lipinski definition) is 2. The van der Waals surface area contributed by atoms with Gasteiger partial charge < -0.3 is 15.0 Å². The van der Waals surface area contributed by atoms with E-state index in [1.807, 2.05) is 18.2 Å². The number of H-pyrrole nitrogens is 1. The molecule has 1 fully saturated rings. The van der Waals surface area contributed by atoms with E-state index in [0.29, 0.717) is 23.2 Å². The van der Waals surface area contributed by atoms with Crippen molar-refractivity contribution in [2.24, 2.45) is 0 Å². The second-order valence-electron chi connectivity index (χ2n) is 8.71. The van der Waals surface area contributed by atoms with Crippen LogP contribution in [0.5, 0.6) is 0 Å². The summed E-state index contributed by atoms with van der Waals surface area (Å²) in [5, 5.41) is 4.20. The van der Waals surface area contributed by atoms with E-state index in [1.165, 1.54) is 13.3 Å². The highest BCUT2D eigenvalue weighted by Gasteiger charge is 2.27. The molecule has 0 aliphatic carbocycles. The van der Waals surface area contributed by atoms with Crippen molar-refractivity contribution in [3.63, 3.8) is 0 Å². The molecule has 33 heavy (non-hydrogen) atoms. The Morgan fingerprint density at radius 2 is 1.82 bits per heavy atom.